The summed E-state index contributed by atoms with van der Waals surface area (Å²) in [6.45, 7) is 3.45. The minimum atomic E-state index is -0.183. The highest BCUT2D eigenvalue weighted by Crippen LogP contribution is 2.27. The minimum Gasteiger partial charge on any atom is -0.368 e. The van der Waals surface area contributed by atoms with Crippen LogP contribution in [0.1, 0.15) is 36.9 Å². The van der Waals surface area contributed by atoms with Crippen LogP contribution >= 0.6 is 34.5 Å². The summed E-state index contributed by atoms with van der Waals surface area (Å²) >= 11 is 13.6. The number of imidazole rings is 1. The van der Waals surface area contributed by atoms with Crippen molar-refractivity contribution in [1.29, 1.82) is 5.26 Å². The average Bonchev–Trinajstić information content (AvgIpc) is 3.71. The van der Waals surface area contributed by atoms with E-state index in [0.29, 0.717) is 58.1 Å². The van der Waals surface area contributed by atoms with Gasteiger partial charge in [-0.05, 0) is 72.3 Å². The first-order chi connectivity index (χ1) is 21.9. The molecule has 5 aromatic rings. The molecule has 1 saturated heterocycles. The summed E-state index contributed by atoms with van der Waals surface area (Å²) in [5.41, 5.74) is 4.71. The summed E-state index contributed by atoms with van der Waals surface area (Å²) in [4.78, 5) is 37.6. The van der Waals surface area contributed by atoms with Gasteiger partial charge in [-0.3, -0.25) is 9.59 Å². The van der Waals surface area contributed by atoms with E-state index in [1.807, 2.05) is 45.9 Å². The normalized spacial score (nSPS) is 13.0. The monoisotopic (exact) mass is 654 g/mol. The number of thiophene rings is 1. The van der Waals surface area contributed by atoms with Crippen LogP contribution in [0.5, 0.6) is 0 Å². The molecule has 0 radical (unpaired) electrons. The maximum absolute atomic E-state index is 13.9. The van der Waals surface area contributed by atoms with E-state index >= 15 is 0 Å². The predicted octanol–water partition coefficient (Wildman–Crippen LogP) is 6.98. The van der Waals surface area contributed by atoms with E-state index in [9.17, 15) is 9.59 Å². The number of nitrogens with zero attached hydrogens (tertiary/aromatic N) is 6. The van der Waals surface area contributed by atoms with Gasteiger partial charge in [-0.25, -0.2) is 4.98 Å². The van der Waals surface area contributed by atoms with Crippen molar-refractivity contribution in [3.05, 3.63) is 134 Å². The van der Waals surface area contributed by atoms with Crippen LogP contribution in [0.2, 0.25) is 9.36 Å². The molecule has 0 unspecified atom stereocenters. The molecule has 0 atom stereocenters. The molecule has 0 aliphatic carbocycles. The van der Waals surface area contributed by atoms with E-state index in [0.717, 1.165) is 22.6 Å². The van der Waals surface area contributed by atoms with E-state index in [1.165, 1.54) is 11.3 Å². The number of aromatic nitrogens is 2. The van der Waals surface area contributed by atoms with Gasteiger partial charge in [0, 0.05) is 60.9 Å². The van der Waals surface area contributed by atoms with E-state index in [1.54, 1.807) is 66.0 Å². The summed E-state index contributed by atoms with van der Waals surface area (Å²) in [5.74, 6) is -0.173. The number of halogens is 2. The Morgan fingerprint density at radius 3 is 2.36 bits per heavy atom. The van der Waals surface area contributed by atoms with Gasteiger partial charge in [0.05, 0.1) is 39.4 Å². The van der Waals surface area contributed by atoms with Gasteiger partial charge >= 0.3 is 0 Å². The predicted molar refractivity (Wildman–Crippen MR) is 178 cm³/mol. The van der Waals surface area contributed by atoms with Crippen LogP contribution in [0.3, 0.4) is 0 Å². The van der Waals surface area contributed by atoms with Gasteiger partial charge in [-0.15, -0.1) is 11.3 Å². The molecule has 0 bridgehead atoms. The van der Waals surface area contributed by atoms with Gasteiger partial charge in [-0.1, -0.05) is 41.4 Å². The van der Waals surface area contributed by atoms with Gasteiger partial charge in [0.1, 0.15) is 0 Å². The fraction of sp³-hybridized carbons (Fsp3) is 0.176. The third kappa shape index (κ3) is 7.04. The molecule has 2 amide bonds. The van der Waals surface area contributed by atoms with Crippen LogP contribution in [0.4, 0.5) is 11.4 Å². The van der Waals surface area contributed by atoms with E-state index < -0.39 is 0 Å². The Kier molecular flexibility index (Phi) is 9.17. The van der Waals surface area contributed by atoms with Gasteiger partial charge in [0.2, 0.25) is 0 Å². The van der Waals surface area contributed by atoms with Gasteiger partial charge in [0.15, 0.2) is 0 Å². The van der Waals surface area contributed by atoms with Crippen LogP contribution in [0.15, 0.2) is 97.5 Å². The number of nitriles is 1. The Bertz CT molecular complexity index is 1850. The molecule has 2 aromatic heterocycles. The lowest BCUT2D eigenvalue weighted by Crippen LogP contribution is -2.48. The van der Waals surface area contributed by atoms with Gasteiger partial charge in [0.25, 0.3) is 11.8 Å². The number of amides is 2. The number of hydrogen-bond donors (Lipinski definition) is 0. The zero-order valence-electron chi connectivity index (χ0n) is 24.1. The first-order valence-corrected chi connectivity index (χ1v) is 15.9. The zero-order chi connectivity index (χ0) is 31.3. The molecule has 3 aromatic carbocycles. The van der Waals surface area contributed by atoms with Gasteiger partial charge in [-0.2, -0.15) is 5.26 Å². The van der Waals surface area contributed by atoms with Crippen LogP contribution < -0.4 is 9.80 Å². The second-order valence-electron chi connectivity index (χ2n) is 10.6. The van der Waals surface area contributed by atoms with Crippen molar-refractivity contribution in [1.82, 2.24) is 14.5 Å². The Morgan fingerprint density at radius 2 is 1.69 bits per heavy atom. The first-order valence-electron chi connectivity index (χ1n) is 14.3. The van der Waals surface area contributed by atoms with Crippen LogP contribution in [-0.2, 0) is 13.1 Å². The molecule has 6 rings (SSSR count). The number of rotatable bonds is 8. The Hall–Kier alpha value is -4.62. The molecule has 0 spiro atoms. The summed E-state index contributed by atoms with van der Waals surface area (Å²) in [6, 6.07) is 28.0. The second kappa shape index (κ2) is 13.6. The molecule has 0 saturated carbocycles. The molecule has 3 heterocycles. The topological polar surface area (TPSA) is 85.5 Å². The van der Waals surface area contributed by atoms with Crippen molar-refractivity contribution in [2.24, 2.45) is 0 Å². The maximum Gasteiger partial charge on any atom is 0.264 e. The molecule has 45 heavy (non-hydrogen) atoms. The number of benzene rings is 3. The Balaban J connectivity index is 1.20. The summed E-state index contributed by atoms with van der Waals surface area (Å²) < 4.78 is 2.61. The molecule has 1 fully saturated rings. The van der Waals surface area contributed by atoms with E-state index in [-0.39, 0.29) is 18.4 Å². The second-order valence-corrected chi connectivity index (χ2v) is 12.8. The highest BCUT2D eigenvalue weighted by Gasteiger charge is 2.25. The lowest BCUT2D eigenvalue weighted by Gasteiger charge is -2.36. The number of hydrogen-bond acceptors (Lipinski definition) is 6. The Morgan fingerprint density at radius 1 is 0.933 bits per heavy atom. The standard InChI is InChI=1S/C34H28Cl2N6O2S/c35-27-3-1-2-26(18-27)33(43)42(22-30-20-38-23-41(30)21-25-6-4-24(19-37)5-7-25)29-10-8-28(9-11-29)39-14-16-40(17-15-39)34(44)31-12-13-32(36)45-31/h1-13,18,20,23H,14-17,21-22H2. The quantitative estimate of drug-likeness (QED) is 0.180. The van der Waals surface area contributed by atoms with E-state index in [4.69, 9.17) is 28.5 Å². The lowest BCUT2D eigenvalue weighted by molar-refractivity contribution is 0.0751. The number of carbonyl (C=O) groups excluding carboxylic acids is 2. The summed E-state index contributed by atoms with van der Waals surface area (Å²) in [7, 11) is 0. The Labute approximate surface area is 275 Å². The van der Waals surface area contributed by atoms with Crippen molar-refractivity contribution in [3.63, 3.8) is 0 Å². The number of anilines is 2. The van der Waals surface area contributed by atoms with Crippen molar-refractivity contribution in [3.8, 4) is 6.07 Å². The van der Waals surface area contributed by atoms with Gasteiger partial charge < -0.3 is 19.3 Å². The third-order valence-corrected chi connectivity index (χ3v) is 9.20. The minimum absolute atomic E-state index is 0.00971. The number of piperazine rings is 1. The molecule has 1 aliphatic heterocycles. The largest absolute Gasteiger partial charge is 0.368 e. The van der Waals surface area contributed by atoms with Crippen LogP contribution in [-0.4, -0.2) is 52.4 Å². The molecule has 8 nitrogen and oxygen atoms in total. The fourth-order valence-corrected chi connectivity index (χ4v) is 6.52. The zero-order valence-corrected chi connectivity index (χ0v) is 26.5. The molecule has 11 heteroatoms. The van der Waals surface area contributed by atoms with Crippen LogP contribution in [0, 0.1) is 11.3 Å². The SMILES string of the molecule is N#Cc1ccc(Cn2cncc2CN(C(=O)c2cccc(Cl)c2)c2ccc(N3CCN(C(=O)c4ccc(Cl)s4)CC3)cc2)cc1. The highest BCUT2D eigenvalue weighted by atomic mass is 35.5. The first kappa shape index (κ1) is 30.4. The van der Waals surface area contributed by atoms with Crippen molar-refractivity contribution in [2.75, 3.05) is 36.0 Å². The maximum atomic E-state index is 13.9. The van der Waals surface area contributed by atoms with E-state index in [2.05, 4.69) is 16.0 Å². The number of carbonyl (C=O) groups is 2. The molecule has 226 valence electrons. The third-order valence-electron chi connectivity index (χ3n) is 7.75. The summed E-state index contributed by atoms with van der Waals surface area (Å²) in [5, 5.41) is 9.62. The van der Waals surface area contributed by atoms with Crippen molar-refractivity contribution >= 4 is 57.7 Å². The van der Waals surface area contributed by atoms with Crippen LogP contribution in [0.25, 0.3) is 0 Å². The van der Waals surface area contributed by atoms with Crippen molar-refractivity contribution in [2.45, 2.75) is 13.1 Å². The average molecular weight is 656 g/mol. The lowest BCUT2D eigenvalue weighted by atomic mass is 10.1. The fourth-order valence-electron chi connectivity index (χ4n) is 5.32. The molecular weight excluding hydrogens is 627 g/mol. The smallest absolute Gasteiger partial charge is 0.264 e. The molecule has 0 N–H and O–H groups in total. The molecule has 1 aliphatic rings. The molecular formula is C34H28Cl2N6O2S. The highest BCUT2D eigenvalue weighted by molar-refractivity contribution is 7.17. The van der Waals surface area contributed by atoms with Crippen molar-refractivity contribution < 1.29 is 9.59 Å². The summed E-state index contributed by atoms with van der Waals surface area (Å²) in [6.07, 6.45) is 3.51.